The SMILES string of the molecule is CCn1ncc(CN(C)C(=O)c2cc(-c3ccc(NC(C)CNC)c(C)n3)nc3ccc(O)cc23)c1C. The average Bonchev–Trinajstić information content (AvgIpc) is 3.23. The first kappa shape index (κ1) is 26.1. The third kappa shape index (κ3) is 5.56. The Morgan fingerprint density at radius 2 is 1.92 bits per heavy atom. The van der Waals surface area contributed by atoms with Gasteiger partial charge in [0.25, 0.3) is 5.91 Å². The Kier molecular flexibility index (Phi) is 7.73. The molecule has 1 unspecified atom stereocenters. The molecule has 1 aromatic carbocycles. The number of nitrogens with one attached hydrogen (secondary N) is 2. The number of phenolic OH excluding ortho intramolecular Hbond substituents is 1. The number of amides is 1. The molecule has 4 rings (SSSR count). The third-order valence-electron chi connectivity index (χ3n) is 6.54. The van der Waals surface area contributed by atoms with Crippen LogP contribution in [0.25, 0.3) is 22.3 Å². The number of fused-ring (bicyclic) bond motifs is 1. The summed E-state index contributed by atoms with van der Waals surface area (Å²) >= 11 is 0. The van der Waals surface area contributed by atoms with E-state index in [1.165, 1.54) is 0 Å². The molecule has 0 bridgehead atoms. The second kappa shape index (κ2) is 11.0. The maximum Gasteiger partial charge on any atom is 0.254 e. The van der Waals surface area contributed by atoms with E-state index >= 15 is 0 Å². The van der Waals surface area contributed by atoms with Crippen molar-refractivity contribution in [1.29, 1.82) is 0 Å². The molecule has 0 aliphatic carbocycles. The maximum absolute atomic E-state index is 13.7. The molecular weight excluding hydrogens is 466 g/mol. The molecule has 3 heterocycles. The number of aromatic hydroxyl groups is 1. The molecule has 0 aliphatic rings. The molecule has 0 saturated heterocycles. The molecule has 1 amide bonds. The molecule has 0 aliphatic heterocycles. The van der Waals surface area contributed by atoms with E-state index in [1.54, 1.807) is 36.2 Å². The fourth-order valence-corrected chi connectivity index (χ4v) is 4.49. The number of phenols is 1. The number of carbonyl (C=O) groups is 1. The van der Waals surface area contributed by atoms with E-state index in [-0.39, 0.29) is 17.7 Å². The summed E-state index contributed by atoms with van der Waals surface area (Å²) in [6.45, 7) is 10.1. The lowest BCUT2D eigenvalue weighted by Gasteiger charge is -2.19. The van der Waals surface area contributed by atoms with Crippen LogP contribution in [0.1, 0.15) is 41.2 Å². The highest BCUT2D eigenvalue weighted by molar-refractivity contribution is 6.07. The summed E-state index contributed by atoms with van der Waals surface area (Å²) in [5.41, 5.74) is 6.19. The smallest absolute Gasteiger partial charge is 0.254 e. The van der Waals surface area contributed by atoms with Gasteiger partial charge in [-0.2, -0.15) is 5.10 Å². The number of hydrogen-bond acceptors (Lipinski definition) is 7. The van der Waals surface area contributed by atoms with E-state index in [0.717, 1.165) is 35.7 Å². The number of anilines is 1. The van der Waals surface area contributed by atoms with E-state index in [4.69, 9.17) is 9.97 Å². The number of aryl methyl sites for hydroxylation is 2. The quantitative estimate of drug-likeness (QED) is 0.316. The largest absolute Gasteiger partial charge is 0.508 e. The summed E-state index contributed by atoms with van der Waals surface area (Å²) in [5, 5.41) is 21.8. The predicted molar refractivity (Wildman–Crippen MR) is 147 cm³/mol. The zero-order valence-electron chi connectivity index (χ0n) is 22.3. The molecule has 194 valence electrons. The second-order valence-corrected chi connectivity index (χ2v) is 9.42. The summed E-state index contributed by atoms with van der Waals surface area (Å²) in [6.07, 6.45) is 1.81. The molecule has 3 aromatic heterocycles. The first-order valence-electron chi connectivity index (χ1n) is 12.5. The van der Waals surface area contributed by atoms with Crippen LogP contribution in [0.3, 0.4) is 0 Å². The van der Waals surface area contributed by atoms with Crippen LogP contribution >= 0.6 is 0 Å². The molecule has 0 spiro atoms. The Hall–Kier alpha value is -3.98. The van der Waals surface area contributed by atoms with Gasteiger partial charge in [-0.1, -0.05) is 0 Å². The van der Waals surface area contributed by atoms with Gasteiger partial charge >= 0.3 is 0 Å². The Bertz CT molecular complexity index is 1430. The van der Waals surface area contributed by atoms with Crippen LogP contribution in [-0.2, 0) is 13.1 Å². The normalized spacial score (nSPS) is 12.1. The summed E-state index contributed by atoms with van der Waals surface area (Å²) in [6, 6.07) is 10.8. The molecule has 4 aromatic rings. The summed E-state index contributed by atoms with van der Waals surface area (Å²) in [5.74, 6) is -0.0855. The highest BCUT2D eigenvalue weighted by Gasteiger charge is 2.20. The number of likely N-dealkylation sites (N-methyl/N-ethyl adjacent to an activating group) is 1. The van der Waals surface area contributed by atoms with Crippen molar-refractivity contribution in [2.45, 2.75) is 46.8 Å². The van der Waals surface area contributed by atoms with Crippen molar-refractivity contribution >= 4 is 22.5 Å². The topological polar surface area (TPSA) is 108 Å². The minimum Gasteiger partial charge on any atom is -0.508 e. The summed E-state index contributed by atoms with van der Waals surface area (Å²) < 4.78 is 1.91. The minimum atomic E-state index is -0.168. The molecule has 3 N–H and O–H groups in total. The van der Waals surface area contributed by atoms with Gasteiger partial charge in [0, 0.05) is 49.4 Å². The molecule has 9 heteroatoms. The number of aromatic nitrogens is 4. The van der Waals surface area contributed by atoms with Gasteiger partial charge in [0.15, 0.2) is 0 Å². The van der Waals surface area contributed by atoms with Gasteiger partial charge in [0.05, 0.1) is 40.0 Å². The van der Waals surface area contributed by atoms with E-state index in [2.05, 4.69) is 22.7 Å². The van der Waals surface area contributed by atoms with Crippen molar-refractivity contribution in [1.82, 2.24) is 30.0 Å². The van der Waals surface area contributed by atoms with Crippen LogP contribution in [-0.4, -0.2) is 62.3 Å². The van der Waals surface area contributed by atoms with Gasteiger partial charge in [-0.05, 0) is 71.1 Å². The zero-order chi connectivity index (χ0) is 26.7. The van der Waals surface area contributed by atoms with Gasteiger partial charge in [0.2, 0.25) is 0 Å². The number of benzene rings is 1. The van der Waals surface area contributed by atoms with Crippen LogP contribution < -0.4 is 10.6 Å². The van der Waals surface area contributed by atoms with E-state index in [9.17, 15) is 9.90 Å². The summed E-state index contributed by atoms with van der Waals surface area (Å²) in [4.78, 5) is 24.9. The first-order chi connectivity index (χ1) is 17.7. The molecular formula is C28H35N7O2. The predicted octanol–water partition coefficient (Wildman–Crippen LogP) is 4.13. The average molecular weight is 502 g/mol. The molecule has 0 radical (unpaired) electrons. The van der Waals surface area contributed by atoms with Crippen molar-refractivity contribution in [2.75, 3.05) is 26.0 Å². The van der Waals surface area contributed by atoms with Crippen LogP contribution in [0.5, 0.6) is 5.75 Å². The Labute approximate surface area is 217 Å². The van der Waals surface area contributed by atoms with Gasteiger partial charge in [0.1, 0.15) is 5.75 Å². The molecule has 1 atom stereocenters. The zero-order valence-corrected chi connectivity index (χ0v) is 22.3. The molecule has 0 fully saturated rings. The van der Waals surface area contributed by atoms with Crippen molar-refractivity contribution in [3.63, 3.8) is 0 Å². The Balaban J connectivity index is 1.71. The Morgan fingerprint density at radius 1 is 1.14 bits per heavy atom. The monoisotopic (exact) mass is 501 g/mol. The molecule has 9 nitrogen and oxygen atoms in total. The van der Waals surface area contributed by atoms with Crippen LogP contribution in [0.4, 0.5) is 5.69 Å². The first-order valence-corrected chi connectivity index (χ1v) is 12.5. The van der Waals surface area contributed by atoms with Crippen molar-refractivity contribution < 1.29 is 9.90 Å². The van der Waals surface area contributed by atoms with Gasteiger partial charge in [-0.15, -0.1) is 0 Å². The van der Waals surface area contributed by atoms with E-state index in [1.807, 2.05) is 50.8 Å². The third-order valence-corrected chi connectivity index (χ3v) is 6.54. The lowest BCUT2D eigenvalue weighted by Crippen LogP contribution is -2.28. The minimum absolute atomic E-state index is 0.0823. The molecule has 37 heavy (non-hydrogen) atoms. The number of hydrogen-bond donors (Lipinski definition) is 3. The van der Waals surface area contributed by atoms with Crippen molar-refractivity contribution in [3.8, 4) is 17.1 Å². The number of carbonyl (C=O) groups excluding carboxylic acids is 1. The fraction of sp³-hybridized carbons (Fsp3) is 0.357. The number of nitrogens with zero attached hydrogens (tertiary/aromatic N) is 5. The Morgan fingerprint density at radius 3 is 2.59 bits per heavy atom. The van der Waals surface area contributed by atoms with E-state index < -0.39 is 0 Å². The highest BCUT2D eigenvalue weighted by atomic mass is 16.3. The summed E-state index contributed by atoms with van der Waals surface area (Å²) in [7, 11) is 3.70. The maximum atomic E-state index is 13.7. The fourth-order valence-electron chi connectivity index (χ4n) is 4.49. The van der Waals surface area contributed by atoms with Crippen LogP contribution in [0.15, 0.2) is 42.6 Å². The number of rotatable bonds is 9. The van der Waals surface area contributed by atoms with Crippen molar-refractivity contribution in [3.05, 3.63) is 65.1 Å². The standard InChI is InChI=1S/C28H35N7O2/c1-7-35-19(4)20(15-30-35)16-34(6)28(37)23-13-27(33-25-9-8-21(36)12-22(23)25)26-11-10-24(18(3)32-26)31-17(2)14-29-5/h8-13,15,17,29,31,36H,7,14,16H2,1-6H3. The molecule has 0 saturated carbocycles. The lowest BCUT2D eigenvalue weighted by molar-refractivity contribution is 0.0787. The van der Waals surface area contributed by atoms with Gasteiger partial charge in [-0.3, -0.25) is 9.48 Å². The van der Waals surface area contributed by atoms with Gasteiger partial charge < -0.3 is 20.6 Å². The second-order valence-electron chi connectivity index (χ2n) is 9.42. The number of pyridine rings is 2. The van der Waals surface area contributed by atoms with Crippen LogP contribution in [0, 0.1) is 13.8 Å². The van der Waals surface area contributed by atoms with Crippen LogP contribution in [0.2, 0.25) is 0 Å². The highest BCUT2D eigenvalue weighted by Crippen LogP contribution is 2.29. The lowest BCUT2D eigenvalue weighted by atomic mass is 10.0. The van der Waals surface area contributed by atoms with E-state index in [0.29, 0.717) is 34.4 Å². The van der Waals surface area contributed by atoms with Gasteiger partial charge in [-0.25, -0.2) is 9.97 Å². The van der Waals surface area contributed by atoms with Crippen molar-refractivity contribution in [2.24, 2.45) is 0 Å².